The van der Waals surface area contributed by atoms with E-state index in [9.17, 15) is 14.3 Å². The Kier molecular flexibility index (Phi) is 43.6. The van der Waals surface area contributed by atoms with E-state index in [4.69, 9.17) is 18.5 Å². The van der Waals surface area contributed by atoms with Gasteiger partial charge in [-0.2, -0.15) is 0 Å². The molecule has 0 amide bonds. The number of phosphoric acid groups is 1. The first-order valence-electron chi connectivity index (χ1n) is 24.8. The number of likely N-dealkylation sites (N-methyl/N-ethyl adjacent to an activating group) is 1. The number of rotatable bonds is 45. The van der Waals surface area contributed by atoms with E-state index in [1.807, 2.05) is 21.1 Å². The van der Waals surface area contributed by atoms with Gasteiger partial charge in [-0.15, -0.1) is 0 Å². The Hall–Kier alpha value is -2.32. The second-order valence-corrected chi connectivity index (χ2v) is 18.9. The maximum atomic E-state index is 12.7. The Labute approximate surface area is 382 Å². The summed E-state index contributed by atoms with van der Waals surface area (Å²) in [6, 6.07) is 0. The highest BCUT2D eigenvalue weighted by Gasteiger charge is 2.20. The average molecular weight is 888 g/mol. The maximum absolute atomic E-state index is 12.7. The molecule has 2 unspecified atom stereocenters. The molecule has 358 valence electrons. The number of esters is 1. The predicted octanol–water partition coefficient (Wildman–Crippen LogP) is 14.6. The van der Waals surface area contributed by atoms with Gasteiger partial charge in [0.05, 0.1) is 34.4 Å². The molecular formula is C53H94NO7P. The second-order valence-electron chi connectivity index (χ2n) is 17.4. The van der Waals surface area contributed by atoms with Crippen molar-refractivity contribution in [1.29, 1.82) is 0 Å². The van der Waals surface area contributed by atoms with Crippen molar-refractivity contribution in [3.63, 3.8) is 0 Å². The number of ether oxygens (including phenoxy) is 2. The number of nitrogens with zero attached hydrogens (tertiary/aromatic N) is 1. The molecular weight excluding hydrogens is 794 g/mol. The molecule has 0 aliphatic rings. The number of allylic oxidation sites excluding steroid dienone is 14. The van der Waals surface area contributed by atoms with Gasteiger partial charge in [0.25, 0.3) is 7.82 Å². The van der Waals surface area contributed by atoms with E-state index in [2.05, 4.69) is 98.9 Å². The van der Waals surface area contributed by atoms with Crippen LogP contribution in [0.5, 0.6) is 0 Å². The zero-order chi connectivity index (χ0) is 45.5. The number of hydrogen-bond donors (Lipinski definition) is 0. The van der Waals surface area contributed by atoms with Gasteiger partial charge in [-0.1, -0.05) is 195 Å². The average Bonchev–Trinajstić information content (AvgIpc) is 3.23. The van der Waals surface area contributed by atoms with Crippen molar-refractivity contribution in [3.8, 4) is 0 Å². The van der Waals surface area contributed by atoms with Crippen LogP contribution in [0, 0.1) is 0 Å². The van der Waals surface area contributed by atoms with Gasteiger partial charge in [0.15, 0.2) is 0 Å². The van der Waals surface area contributed by atoms with Gasteiger partial charge in [0.2, 0.25) is 0 Å². The summed E-state index contributed by atoms with van der Waals surface area (Å²) in [5.41, 5.74) is 0. The Bertz CT molecular complexity index is 1260. The first-order valence-corrected chi connectivity index (χ1v) is 26.3. The maximum Gasteiger partial charge on any atom is 0.306 e. The molecule has 0 aromatic rings. The lowest BCUT2D eigenvalue weighted by Gasteiger charge is -2.28. The SMILES string of the molecule is CC/C=C\C/C=C\C/C=C\C/C=C\C/C=C\C/C=C\C/C=C\CCCCCC(=O)OC(COCCCCCCCCCCCCCCCCC)COP(=O)([O-])OCC[N+](C)(C)C. The Morgan fingerprint density at radius 1 is 0.516 bits per heavy atom. The van der Waals surface area contributed by atoms with Crippen LogP contribution in [0.2, 0.25) is 0 Å². The predicted molar refractivity (Wildman–Crippen MR) is 263 cm³/mol. The Balaban J connectivity index is 4.26. The molecule has 0 radical (unpaired) electrons. The van der Waals surface area contributed by atoms with Crippen molar-refractivity contribution in [2.24, 2.45) is 0 Å². The summed E-state index contributed by atoms with van der Waals surface area (Å²) in [4.78, 5) is 25.1. The lowest BCUT2D eigenvalue weighted by atomic mass is 10.0. The van der Waals surface area contributed by atoms with Crippen LogP contribution >= 0.6 is 7.82 Å². The fourth-order valence-corrected chi connectivity index (χ4v) is 7.14. The smallest absolute Gasteiger partial charge is 0.306 e. The molecule has 0 aliphatic heterocycles. The van der Waals surface area contributed by atoms with Crippen molar-refractivity contribution < 1.29 is 37.3 Å². The molecule has 0 bridgehead atoms. The number of quaternary nitrogens is 1. The van der Waals surface area contributed by atoms with Crippen LogP contribution in [0.15, 0.2) is 85.1 Å². The molecule has 0 spiro atoms. The molecule has 0 saturated carbocycles. The summed E-state index contributed by atoms with van der Waals surface area (Å²) in [5.74, 6) is -0.367. The molecule has 0 N–H and O–H groups in total. The molecule has 0 rings (SSSR count). The second kappa shape index (κ2) is 45.3. The number of unbranched alkanes of at least 4 members (excludes halogenated alkanes) is 17. The number of phosphoric ester groups is 1. The van der Waals surface area contributed by atoms with Crippen LogP contribution in [0.25, 0.3) is 0 Å². The largest absolute Gasteiger partial charge is 0.756 e. The number of hydrogen-bond acceptors (Lipinski definition) is 7. The zero-order valence-electron chi connectivity index (χ0n) is 40.5. The standard InChI is InChI=1S/C53H94NO7P/c1-6-8-10-12-14-16-18-20-22-23-24-25-26-27-28-29-30-31-32-34-36-38-40-42-44-46-53(55)61-52(51-60-62(56,57)59-49-47-54(3,4)5)50-58-48-45-43-41-39-37-35-33-21-19-17-15-13-11-9-7-2/h8,10,14,16,20,22,24-25,27-28,30-31,34,36,52H,6-7,9,11-13,15,17-19,21,23,26,29,32-33,35,37-51H2,1-5H3/b10-8-,16-14-,22-20-,25-24-,28-27-,31-30-,36-34-. The van der Waals surface area contributed by atoms with Crippen LogP contribution in [0.1, 0.15) is 187 Å². The van der Waals surface area contributed by atoms with Crippen LogP contribution < -0.4 is 4.89 Å². The summed E-state index contributed by atoms with van der Waals surface area (Å²) in [7, 11) is 1.32. The molecule has 2 atom stereocenters. The first kappa shape index (κ1) is 59.7. The minimum absolute atomic E-state index is 0.0160. The van der Waals surface area contributed by atoms with Gasteiger partial charge in [0, 0.05) is 13.0 Å². The monoisotopic (exact) mass is 888 g/mol. The molecule has 8 nitrogen and oxygen atoms in total. The minimum atomic E-state index is -4.54. The fraction of sp³-hybridized carbons (Fsp3) is 0.717. The Morgan fingerprint density at radius 3 is 1.39 bits per heavy atom. The van der Waals surface area contributed by atoms with E-state index in [1.54, 1.807) is 0 Å². The van der Waals surface area contributed by atoms with Crippen molar-refractivity contribution in [2.45, 2.75) is 193 Å². The van der Waals surface area contributed by atoms with Crippen molar-refractivity contribution in [1.82, 2.24) is 0 Å². The van der Waals surface area contributed by atoms with Gasteiger partial charge in [-0.05, 0) is 70.6 Å². The van der Waals surface area contributed by atoms with Gasteiger partial charge in [0.1, 0.15) is 19.3 Å². The highest BCUT2D eigenvalue weighted by Crippen LogP contribution is 2.38. The Morgan fingerprint density at radius 2 is 0.935 bits per heavy atom. The van der Waals surface area contributed by atoms with Crippen LogP contribution in [0.4, 0.5) is 0 Å². The van der Waals surface area contributed by atoms with E-state index < -0.39 is 13.9 Å². The summed E-state index contributed by atoms with van der Waals surface area (Å²) in [6.45, 7) is 5.25. The van der Waals surface area contributed by atoms with E-state index in [0.717, 1.165) is 77.0 Å². The van der Waals surface area contributed by atoms with E-state index in [-0.39, 0.29) is 32.2 Å². The van der Waals surface area contributed by atoms with Crippen molar-refractivity contribution >= 4 is 13.8 Å². The minimum Gasteiger partial charge on any atom is -0.756 e. The quantitative estimate of drug-likeness (QED) is 0.0198. The number of carbonyl (C=O) groups is 1. The molecule has 0 saturated heterocycles. The lowest BCUT2D eigenvalue weighted by Crippen LogP contribution is -2.37. The highest BCUT2D eigenvalue weighted by molar-refractivity contribution is 7.45. The third-order valence-electron chi connectivity index (χ3n) is 10.2. The number of carbonyl (C=O) groups excluding carboxylic acids is 1. The van der Waals surface area contributed by atoms with Crippen molar-refractivity contribution in [2.75, 3.05) is 54.1 Å². The first-order chi connectivity index (χ1) is 30.1. The molecule has 62 heavy (non-hydrogen) atoms. The molecule has 0 aromatic carbocycles. The van der Waals surface area contributed by atoms with E-state index in [1.165, 1.54) is 83.5 Å². The third-order valence-corrected chi connectivity index (χ3v) is 11.2. The lowest BCUT2D eigenvalue weighted by molar-refractivity contribution is -0.870. The van der Waals surface area contributed by atoms with Gasteiger partial charge < -0.3 is 27.9 Å². The van der Waals surface area contributed by atoms with Crippen molar-refractivity contribution in [3.05, 3.63) is 85.1 Å². The molecule has 0 aromatic heterocycles. The van der Waals surface area contributed by atoms with Crippen LogP contribution in [-0.2, 0) is 27.9 Å². The van der Waals surface area contributed by atoms with Gasteiger partial charge in [-0.3, -0.25) is 9.36 Å². The summed E-state index contributed by atoms with van der Waals surface area (Å²) < 4.78 is 34.7. The van der Waals surface area contributed by atoms with Crippen LogP contribution in [0.3, 0.4) is 0 Å². The van der Waals surface area contributed by atoms with Crippen LogP contribution in [-0.4, -0.2) is 70.7 Å². The summed E-state index contributed by atoms with van der Waals surface area (Å²) >= 11 is 0. The summed E-state index contributed by atoms with van der Waals surface area (Å²) in [6.07, 6.45) is 60.3. The van der Waals surface area contributed by atoms with Gasteiger partial charge >= 0.3 is 5.97 Å². The van der Waals surface area contributed by atoms with E-state index in [0.29, 0.717) is 24.1 Å². The summed E-state index contributed by atoms with van der Waals surface area (Å²) in [5, 5.41) is 0. The van der Waals surface area contributed by atoms with Gasteiger partial charge in [-0.25, -0.2) is 0 Å². The molecule has 0 aliphatic carbocycles. The normalized spacial score (nSPS) is 14.4. The highest BCUT2D eigenvalue weighted by atomic mass is 31.2. The third kappa shape index (κ3) is 48.7. The molecule has 9 heteroatoms. The molecule has 0 fully saturated rings. The van der Waals surface area contributed by atoms with E-state index >= 15 is 0 Å². The molecule has 0 heterocycles. The zero-order valence-corrected chi connectivity index (χ0v) is 41.4. The topological polar surface area (TPSA) is 94.1 Å². The fourth-order valence-electron chi connectivity index (χ4n) is 6.41.